The average molecular weight is 335 g/mol. The Balaban J connectivity index is 2.88. The molecule has 0 aliphatic heterocycles. The number of nitrogens with one attached hydrogen (secondary N) is 1. The lowest BCUT2D eigenvalue weighted by molar-refractivity contribution is 0.554. The summed E-state index contributed by atoms with van der Waals surface area (Å²) >= 11 is 1.81. The molecular weight excluding hydrogens is 308 g/mol. The first-order valence-corrected chi connectivity index (χ1v) is 9.81. The Morgan fingerprint density at radius 3 is 2.67 bits per heavy atom. The summed E-state index contributed by atoms with van der Waals surface area (Å²) < 4.78 is 29.5. The highest BCUT2D eigenvalue weighted by atomic mass is 32.2. The number of hydrogen-bond donors (Lipinski definition) is 2. The molecule has 8 heteroatoms. The lowest BCUT2D eigenvalue weighted by atomic mass is 10.3. The fourth-order valence-electron chi connectivity index (χ4n) is 2.20. The smallest absolute Gasteiger partial charge is 0.244 e. The van der Waals surface area contributed by atoms with Gasteiger partial charge in [0.2, 0.25) is 10.0 Å². The Morgan fingerprint density at radius 2 is 2.10 bits per heavy atom. The normalized spacial score (nSPS) is 13.6. The predicted molar refractivity (Wildman–Crippen MR) is 88.2 cm³/mol. The van der Waals surface area contributed by atoms with Crippen LogP contribution in [0.25, 0.3) is 0 Å². The van der Waals surface area contributed by atoms with Crippen LogP contribution in [0.2, 0.25) is 0 Å². The standard InChI is InChI=1S/C13H26N4O2S2/c1-5-20-9-6-10(2)16-21(18,19)13-11(3)15-17(8-7-14)12(13)4/h10,16H,5-9,14H2,1-4H3. The molecule has 0 aromatic carbocycles. The molecule has 0 amide bonds. The summed E-state index contributed by atoms with van der Waals surface area (Å²) in [7, 11) is -3.54. The van der Waals surface area contributed by atoms with Gasteiger partial charge < -0.3 is 5.73 Å². The third-order valence-electron chi connectivity index (χ3n) is 3.18. The minimum atomic E-state index is -3.54. The van der Waals surface area contributed by atoms with E-state index in [1.54, 1.807) is 18.5 Å². The van der Waals surface area contributed by atoms with Crippen molar-refractivity contribution in [2.45, 2.75) is 51.6 Å². The van der Waals surface area contributed by atoms with Crippen molar-refractivity contribution in [1.82, 2.24) is 14.5 Å². The molecule has 122 valence electrons. The topological polar surface area (TPSA) is 90.0 Å². The number of aromatic nitrogens is 2. The first kappa shape index (κ1) is 18.5. The highest BCUT2D eigenvalue weighted by molar-refractivity contribution is 7.99. The molecule has 0 spiro atoms. The van der Waals surface area contributed by atoms with Crippen LogP contribution in [-0.4, -0.2) is 42.3 Å². The molecule has 3 N–H and O–H groups in total. The molecule has 1 aromatic rings. The Morgan fingerprint density at radius 1 is 1.43 bits per heavy atom. The van der Waals surface area contributed by atoms with Crippen LogP contribution in [-0.2, 0) is 16.6 Å². The summed E-state index contributed by atoms with van der Waals surface area (Å²) in [5, 5.41) is 4.26. The molecule has 0 aliphatic rings. The van der Waals surface area contributed by atoms with Gasteiger partial charge in [-0.25, -0.2) is 13.1 Å². The Bertz CT molecular complexity index is 555. The first-order valence-electron chi connectivity index (χ1n) is 7.17. The number of thioether (sulfide) groups is 1. The minimum absolute atomic E-state index is 0.0919. The van der Waals surface area contributed by atoms with E-state index in [1.807, 2.05) is 18.7 Å². The molecule has 0 bridgehead atoms. The maximum Gasteiger partial charge on any atom is 0.244 e. The second kappa shape index (κ2) is 8.17. The number of nitrogens with zero attached hydrogens (tertiary/aromatic N) is 2. The van der Waals surface area contributed by atoms with Gasteiger partial charge in [-0.1, -0.05) is 6.92 Å². The molecule has 0 radical (unpaired) electrons. The highest BCUT2D eigenvalue weighted by Crippen LogP contribution is 2.20. The zero-order chi connectivity index (χ0) is 16.0. The molecule has 1 aromatic heterocycles. The van der Waals surface area contributed by atoms with E-state index in [4.69, 9.17) is 5.73 Å². The highest BCUT2D eigenvalue weighted by Gasteiger charge is 2.25. The monoisotopic (exact) mass is 334 g/mol. The van der Waals surface area contributed by atoms with Crippen LogP contribution < -0.4 is 10.5 Å². The third kappa shape index (κ3) is 4.98. The van der Waals surface area contributed by atoms with Crippen molar-refractivity contribution in [3.05, 3.63) is 11.4 Å². The molecule has 0 fully saturated rings. The summed E-state index contributed by atoms with van der Waals surface area (Å²) in [5.74, 6) is 1.99. The van der Waals surface area contributed by atoms with E-state index in [0.717, 1.165) is 17.9 Å². The van der Waals surface area contributed by atoms with Crippen molar-refractivity contribution >= 4 is 21.8 Å². The second-order valence-electron chi connectivity index (χ2n) is 5.02. The van der Waals surface area contributed by atoms with Gasteiger partial charge in [-0.05, 0) is 38.7 Å². The second-order valence-corrected chi connectivity index (χ2v) is 8.06. The average Bonchev–Trinajstić information content (AvgIpc) is 2.65. The van der Waals surface area contributed by atoms with Gasteiger partial charge in [0.1, 0.15) is 4.90 Å². The van der Waals surface area contributed by atoms with Crippen LogP contribution in [0.5, 0.6) is 0 Å². The number of hydrogen-bond acceptors (Lipinski definition) is 5. The van der Waals surface area contributed by atoms with E-state index >= 15 is 0 Å². The van der Waals surface area contributed by atoms with Crippen LogP contribution in [0.1, 0.15) is 31.7 Å². The molecule has 0 saturated carbocycles. The maximum atomic E-state index is 12.5. The Labute approximate surface area is 131 Å². The lowest BCUT2D eigenvalue weighted by Crippen LogP contribution is -2.33. The van der Waals surface area contributed by atoms with Crippen molar-refractivity contribution in [1.29, 1.82) is 0 Å². The predicted octanol–water partition coefficient (Wildman–Crippen LogP) is 1.27. The lowest BCUT2D eigenvalue weighted by Gasteiger charge is -2.14. The SMILES string of the molecule is CCSCCC(C)NS(=O)(=O)c1c(C)nn(CCN)c1C. The Hall–Kier alpha value is -0.570. The molecule has 0 aliphatic carbocycles. The van der Waals surface area contributed by atoms with Crippen LogP contribution >= 0.6 is 11.8 Å². The van der Waals surface area contributed by atoms with Crippen molar-refractivity contribution < 1.29 is 8.42 Å². The minimum Gasteiger partial charge on any atom is -0.329 e. The third-order valence-corrected chi connectivity index (χ3v) is 5.95. The Kier molecular flexibility index (Phi) is 7.19. The van der Waals surface area contributed by atoms with Crippen molar-refractivity contribution in [3.8, 4) is 0 Å². The molecule has 1 rings (SSSR count). The zero-order valence-corrected chi connectivity index (χ0v) is 14.9. The fourth-order valence-corrected chi connectivity index (χ4v) is 4.69. The van der Waals surface area contributed by atoms with Crippen molar-refractivity contribution in [2.24, 2.45) is 5.73 Å². The maximum absolute atomic E-state index is 12.5. The van der Waals surface area contributed by atoms with Crippen LogP contribution in [0.4, 0.5) is 0 Å². The first-order chi connectivity index (χ1) is 9.83. The van der Waals surface area contributed by atoms with Crippen molar-refractivity contribution in [2.75, 3.05) is 18.1 Å². The van der Waals surface area contributed by atoms with E-state index in [-0.39, 0.29) is 10.9 Å². The fraction of sp³-hybridized carbons (Fsp3) is 0.769. The van der Waals surface area contributed by atoms with E-state index in [9.17, 15) is 8.42 Å². The molecule has 0 saturated heterocycles. The van der Waals surface area contributed by atoms with Gasteiger partial charge in [0.15, 0.2) is 0 Å². The number of rotatable bonds is 9. The van der Waals surface area contributed by atoms with Gasteiger partial charge >= 0.3 is 0 Å². The van der Waals surface area contributed by atoms with E-state index < -0.39 is 10.0 Å². The number of nitrogens with two attached hydrogens (primary N) is 1. The van der Waals surface area contributed by atoms with Gasteiger partial charge in [0, 0.05) is 12.6 Å². The van der Waals surface area contributed by atoms with Gasteiger partial charge in [-0.3, -0.25) is 4.68 Å². The molecular formula is C13H26N4O2S2. The van der Waals surface area contributed by atoms with Crippen LogP contribution in [0, 0.1) is 13.8 Å². The zero-order valence-electron chi connectivity index (χ0n) is 13.2. The summed E-state index contributed by atoms with van der Waals surface area (Å²) in [5.41, 5.74) is 6.67. The summed E-state index contributed by atoms with van der Waals surface area (Å²) in [6.07, 6.45) is 0.812. The van der Waals surface area contributed by atoms with Crippen molar-refractivity contribution in [3.63, 3.8) is 0 Å². The van der Waals surface area contributed by atoms with Gasteiger partial charge in [0.25, 0.3) is 0 Å². The largest absolute Gasteiger partial charge is 0.329 e. The van der Waals surface area contributed by atoms with E-state index in [1.165, 1.54) is 0 Å². The van der Waals surface area contributed by atoms with Gasteiger partial charge in [0.05, 0.1) is 17.9 Å². The van der Waals surface area contributed by atoms with Gasteiger partial charge in [-0.2, -0.15) is 16.9 Å². The summed E-state index contributed by atoms with van der Waals surface area (Å²) in [6.45, 7) is 8.42. The van der Waals surface area contributed by atoms with E-state index in [0.29, 0.717) is 24.5 Å². The summed E-state index contributed by atoms with van der Waals surface area (Å²) in [4.78, 5) is 0.283. The van der Waals surface area contributed by atoms with Gasteiger partial charge in [-0.15, -0.1) is 0 Å². The molecule has 1 heterocycles. The molecule has 21 heavy (non-hydrogen) atoms. The number of sulfonamides is 1. The molecule has 6 nitrogen and oxygen atoms in total. The van der Waals surface area contributed by atoms with E-state index in [2.05, 4.69) is 16.7 Å². The van der Waals surface area contributed by atoms with Crippen LogP contribution in [0.15, 0.2) is 4.90 Å². The number of aryl methyl sites for hydroxylation is 1. The van der Waals surface area contributed by atoms with Crippen LogP contribution in [0.3, 0.4) is 0 Å². The summed E-state index contributed by atoms with van der Waals surface area (Å²) in [6, 6.07) is -0.0919. The molecule has 1 unspecified atom stereocenters. The molecule has 1 atom stereocenters. The quantitative estimate of drug-likeness (QED) is 0.664.